The Balaban J connectivity index is 2.42. The number of carbonyl (C=O) groups is 2. The van der Waals surface area contributed by atoms with Gasteiger partial charge in [-0.2, -0.15) is 0 Å². The van der Waals surface area contributed by atoms with E-state index in [2.05, 4.69) is 10.6 Å². The lowest BCUT2D eigenvalue weighted by Crippen LogP contribution is -2.51. The molecular weight excluding hydrogens is 232 g/mol. The van der Waals surface area contributed by atoms with Crippen molar-refractivity contribution in [2.75, 3.05) is 0 Å². The molecule has 1 aliphatic rings. The topological polar surface area (TPSA) is 78.4 Å². The van der Waals surface area contributed by atoms with E-state index < -0.39 is 12.0 Å². The highest BCUT2D eigenvalue weighted by molar-refractivity contribution is 5.82. The zero-order valence-corrected chi connectivity index (χ0v) is 11.2. The van der Waals surface area contributed by atoms with Crippen molar-refractivity contribution >= 4 is 12.0 Å². The summed E-state index contributed by atoms with van der Waals surface area (Å²) < 4.78 is 0. The summed E-state index contributed by atoms with van der Waals surface area (Å²) in [6, 6.07) is -0.960. The third-order valence-corrected chi connectivity index (χ3v) is 3.71. The van der Waals surface area contributed by atoms with E-state index in [0.29, 0.717) is 0 Å². The van der Waals surface area contributed by atoms with Gasteiger partial charge in [0.05, 0.1) is 0 Å². The predicted octanol–water partition coefficient (Wildman–Crippen LogP) is 2.12. The van der Waals surface area contributed by atoms with Crippen LogP contribution in [-0.4, -0.2) is 29.2 Å². The molecule has 0 aromatic carbocycles. The van der Waals surface area contributed by atoms with E-state index in [9.17, 15) is 9.59 Å². The van der Waals surface area contributed by atoms with Gasteiger partial charge in [0, 0.05) is 6.04 Å². The van der Waals surface area contributed by atoms with Gasteiger partial charge in [0.25, 0.3) is 0 Å². The Hall–Kier alpha value is -1.26. The van der Waals surface area contributed by atoms with Crippen LogP contribution in [0.1, 0.15) is 52.4 Å². The second-order valence-electron chi connectivity index (χ2n) is 5.15. The summed E-state index contributed by atoms with van der Waals surface area (Å²) in [6.45, 7) is 3.75. The number of aliphatic carboxylic acids is 1. The standard InChI is InChI=1S/C13H24N2O3/c1-3-9(2)11(12(16)17)15-13(18)14-10-7-5-4-6-8-10/h9-11H,3-8H2,1-2H3,(H,16,17)(H2,14,15,18)/t9?,11-/m0/s1. The van der Waals surface area contributed by atoms with Crippen molar-refractivity contribution in [3.05, 3.63) is 0 Å². The van der Waals surface area contributed by atoms with E-state index in [-0.39, 0.29) is 18.0 Å². The first kappa shape index (κ1) is 14.8. The molecule has 5 nitrogen and oxygen atoms in total. The number of carboxylic acids is 1. The third-order valence-electron chi connectivity index (χ3n) is 3.71. The molecule has 0 radical (unpaired) electrons. The first-order valence-electron chi connectivity index (χ1n) is 6.84. The molecule has 0 saturated heterocycles. The summed E-state index contributed by atoms with van der Waals surface area (Å²) in [4.78, 5) is 22.8. The van der Waals surface area contributed by atoms with E-state index in [0.717, 1.165) is 32.1 Å². The largest absolute Gasteiger partial charge is 0.480 e. The van der Waals surface area contributed by atoms with E-state index in [1.807, 2.05) is 13.8 Å². The molecule has 18 heavy (non-hydrogen) atoms. The molecule has 1 unspecified atom stereocenters. The number of hydrogen-bond acceptors (Lipinski definition) is 2. The molecule has 1 aliphatic carbocycles. The highest BCUT2D eigenvalue weighted by Gasteiger charge is 2.26. The van der Waals surface area contributed by atoms with E-state index in [4.69, 9.17) is 5.11 Å². The van der Waals surface area contributed by atoms with Gasteiger partial charge in [-0.3, -0.25) is 0 Å². The summed E-state index contributed by atoms with van der Waals surface area (Å²) in [5.74, 6) is -1.04. The lowest BCUT2D eigenvalue weighted by molar-refractivity contribution is -0.140. The monoisotopic (exact) mass is 256 g/mol. The van der Waals surface area contributed by atoms with Crippen LogP contribution in [0.3, 0.4) is 0 Å². The maximum atomic E-state index is 11.8. The van der Waals surface area contributed by atoms with Gasteiger partial charge in [-0.25, -0.2) is 9.59 Å². The minimum absolute atomic E-state index is 0.0698. The summed E-state index contributed by atoms with van der Waals surface area (Å²) in [5.41, 5.74) is 0. The second-order valence-corrected chi connectivity index (χ2v) is 5.15. The lowest BCUT2D eigenvalue weighted by atomic mass is 9.95. The van der Waals surface area contributed by atoms with Gasteiger partial charge in [-0.1, -0.05) is 39.5 Å². The highest BCUT2D eigenvalue weighted by atomic mass is 16.4. The van der Waals surface area contributed by atoms with Gasteiger partial charge in [0.15, 0.2) is 0 Å². The molecular formula is C13H24N2O3. The average Bonchev–Trinajstić information content (AvgIpc) is 2.36. The molecule has 0 aromatic rings. The fourth-order valence-corrected chi connectivity index (χ4v) is 2.30. The van der Waals surface area contributed by atoms with Crippen molar-refractivity contribution in [3.63, 3.8) is 0 Å². The van der Waals surface area contributed by atoms with Crippen molar-refractivity contribution in [1.29, 1.82) is 0 Å². The van der Waals surface area contributed by atoms with Crippen molar-refractivity contribution in [2.45, 2.75) is 64.5 Å². The van der Waals surface area contributed by atoms with Crippen LogP contribution in [0.5, 0.6) is 0 Å². The smallest absolute Gasteiger partial charge is 0.326 e. The van der Waals surface area contributed by atoms with Crippen LogP contribution in [0.25, 0.3) is 0 Å². The van der Waals surface area contributed by atoms with Gasteiger partial charge in [-0.15, -0.1) is 0 Å². The molecule has 0 aromatic heterocycles. The van der Waals surface area contributed by atoms with Crippen LogP contribution in [0.15, 0.2) is 0 Å². The Morgan fingerprint density at radius 2 is 1.89 bits per heavy atom. The zero-order valence-electron chi connectivity index (χ0n) is 11.2. The van der Waals surface area contributed by atoms with Gasteiger partial charge >= 0.3 is 12.0 Å². The van der Waals surface area contributed by atoms with Crippen LogP contribution in [0.2, 0.25) is 0 Å². The highest BCUT2D eigenvalue weighted by Crippen LogP contribution is 2.17. The maximum absolute atomic E-state index is 11.8. The molecule has 2 amide bonds. The van der Waals surface area contributed by atoms with Crippen molar-refractivity contribution < 1.29 is 14.7 Å². The number of nitrogens with one attached hydrogen (secondary N) is 2. The van der Waals surface area contributed by atoms with E-state index >= 15 is 0 Å². The fraction of sp³-hybridized carbons (Fsp3) is 0.846. The van der Waals surface area contributed by atoms with Crippen molar-refractivity contribution in [3.8, 4) is 0 Å². The summed E-state index contributed by atoms with van der Waals surface area (Å²) in [7, 11) is 0. The molecule has 1 saturated carbocycles. The molecule has 104 valence electrons. The second kappa shape index (κ2) is 7.24. The molecule has 2 atom stereocenters. The Kier molecular flexibility index (Phi) is 5.95. The lowest BCUT2D eigenvalue weighted by Gasteiger charge is -2.25. The molecule has 3 N–H and O–H groups in total. The maximum Gasteiger partial charge on any atom is 0.326 e. The van der Waals surface area contributed by atoms with Gasteiger partial charge in [0.1, 0.15) is 6.04 Å². The fourth-order valence-electron chi connectivity index (χ4n) is 2.30. The normalized spacial score (nSPS) is 19.9. The van der Waals surface area contributed by atoms with Crippen LogP contribution < -0.4 is 10.6 Å². The van der Waals surface area contributed by atoms with Crippen molar-refractivity contribution in [2.24, 2.45) is 5.92 Å². The summed E-state index contributed by atoms with van der Waals surface area (Å²) in [6.07, 6.45) is 6.21. The molecule has 0 spiro atoms. The summed E-state index contributed by atoms with van der Waals surface area (Å²) in [5, 5.41) is 14.5. The Morgan fingerprint density at radius 3 is 2.39 bits per heavy atom. The van der Waals surface area contributed by atoms with Gasteiger partial charge < -0.3 is 15.7 Å². The molecule has 1 rings (SSSR count). The Labute approximate surface area is 108 Å². The number of urea groups is 1. The van der Waals surface area contributed by atoms with E-state index in [1.54, 1.807) is 0 Å². The van der Waals surface area contributed by atoms with Gasteiger partial charge in [0.2, 0.25) is 0 Å². The summed E-state index contributed by atoms with van der Waals surface area (Å²) >= 11 is 0. The van der Waals surface area contributed by atoms with Crippen LogP contribution in [0.4, 0.5) is 4.79 Å². The average molecular weight is 256 g/mol. The number of hydrogen-bond donors (Lipinski definition) is 3. The van der Waals surface area contributed by atoms with Crippen LogP contribution >= 0.6 is 0 Å². The molecule has 5 heteroatoms. The number of amides is 2. The third kappa shape index (κ3) is 4.55. The number of carbonyl (C=O) groups excluding carboxylic acids is 1. The zero-order chi connectivity index (χ0) is 13.5. The van der Waals surface area contributed by atoms with Gasteiger partial charge in [-0.05, 0) is 18.8 Å². The quantitative estimate of drug-likeness (QED) is 0.705. The first-order chi connectivity index (χ1) is 8.54. The molecule has 0 aliphatic heterocycles. The molecule has 0 heterocycles. The minimum Gasteiger partial charge on any atom is -0.480 e. The molecule has 0 bridgehead atoms. The molecule has 1 fully saturated rings. The van der Waals surface area contributed by atoms with Crippen molar-refractivity contribution in [1.82, 2.24) is 10.6 Å². The first-order valence-corrected chi connectivity index (χ1v) is 6.84. The Morgan fingerprint density at radius 1 is 1.28 bits per heavy atom. The van der Waals surface area contributed by atoms with E-state index in [1.165, 1.54) is 6.42 Å². The number of rotatable bonds is 5. The predicted molar refractivity (Wildman–Crippen MR) is 69.4 cm³/mol. The SMILES string of the molecule is CCC(C)[C@H](NC(=O)NC1CCCCC1)C(=O)O. The minimum atomic E-state index is -0.969. The Bertz CT molecular complexity index is 288. The van der Waals surface area contributed by atoms with Crippen LogP contribution in [-0.2, 0) is 4.79 Å². The number of carboxylic acid groups (broad SMARTS) is 1. The van der Waals surface area contributed by atoms with Crippen LogP contribution in [0, 0.1) is 5.92 Å².